The minimum atomic E-state index is 0.565. The Morgan fingerprint density at radius 3 is 3.00 bits per heavy atom. The summed E-state index contributed by atoms with van der Waals surface area (Å²) >= 11 is 0. The maximum atomic E-state index is 4.39. The molecule has 1 aromatic heterocycles. The Kier molecular flexibility index (Phi) is 2.51. The second-order valence-electron chi connectivity index (χ2n) is 5.56. The van der Waals surface area contributed by atoms with Gasteiger partial charge in [0.05, 0.1) is 6.20 Å². The van der Waals surface area contributed by atoms with Crippen LogP contribution in [0.1, 0.15) is 49.9 Å². The molecule has 3 nitrogen and oxygen atoms in total. The third kappa shape index (κ3) is 1.67. The fourth-order valence-electron chi connectivity index (χ4n) is 3.20. The van der Waals surface area contributed by atoms with Crippen molar-refractivity contribution in [2.75, 3.05) is 0 Å². The van der Waals surface area contributed by atoms with Crippen LogP contribution < -0.4 is 5.32 Å². The standard InChI is InChI=1S/C13H21N3/c1-9-6-10(7-9)15-12-4-3-5-13-11(12)8-14-16(13)2/h8-10,12,15H,3-7H2,1-2H3. The number of nitrogens with one attached hydrogen (secondary N) is 1. The molecule has 2 aliphatic rings. The predicted molar refractivity (Wildman–Crippen MR) is 64.2 cm³/mol. The molecule has 1 unspecified atom stereocenters. The lowest BCUT2D eigenvalue weighted by Crippen LogP contribution is -2.42. The molecule has 0 aromatic carbocycles. The highest BCUT2D eigenvalue weighted by Gasteiger charge is 2.30. The van der Waals surface area contributed by atoms with E-state index in [0.29, 0.717) is 6.04 Å². The van der Waals surface area contributed by atoms with Gasteiger partial charge in [-0.1, -0.05) is 6.92 Å². The van der Waals surface area contributed by atoms with E-state index in [0.717, 1.165) is 12.0 Å². The number of fused-ring (bicyclic) bond motifs is 1. The summed E-state index contributed by atoms with van der Waals surface area (Å²) in [4.78, 5) is 0. The Morgan fingerprint density at radius 1 is 1.44 bits per heavy atom. The highest BCUT2D eigenvalue weighted by atomic mass is 15.3. The molecule has 1 heterocycles. The molecule has 1 atom stereocenters. The second kappa shape index (κ2) is 3.88. The number of hydrogen-bond donors (Lipinski definition) is 1. The van der Waals surface area contributed by atoms with Gasteiger partial charge in [0.15, 0.2) is 0 Å². The van der Waals surface area contributed by atoms with Gasteiger partial charge in [0.25, 0.3) is 0 Å². The predicted octanol–water partition coefficient (Wildman–Crippen LogP) is 2.19. The summed E-state index contributed by atoms with van der Waals surface area (Å²) in [5, 5.41) is 8.19. The van der Waals surface area contributed by atoms with Crippen LogP contribution in [-0.4, -0.2) is 15.8 Å². The maximum Gasteiger partial charge on any atom is 0.0540 e. The van der Waals surface area contributed by atoms with Crippen molar-refractivity contribution in [3.05, 3.63) is 17.5 Å². The van der Waals surface area contributed by atoms with Crippen molar-refractivity contribution in [3.8, 4) is 0 Å². The average molecular weight is 219 g/mol. The van der Waals surface area contributed by atoms with Crippen LogP contribution >= 0.6 is 0 Å². The summed E-state index contributed by atoms with van der Waals surface area (Å²) in [5.74, 6) is 0.925. The van der Waals surface area contributed by atoms with Crippen LogP contribution in [0.5, 0.6) is 0 Å². The molecule has 16 heavy (non-hydrogen) atoms. The van der Waals surface area contributed by atoms with E-state index in [1.807, 2.05) is 4.68 Å². The fraction of sp³-hybridized carbons (Fsp3) is 0.769. The summed E-state index contributed by atoms with van der Waals surface area (Å²) in [6.07, 6.45) is 8.55. The van der Waals surface area contributed by atoms with Crippen molar-refractivity contribution in [1.82, 2.24) is 15.1 Å². The fourth-order valence-corrected chi connectivity index (χ4v) is 3.20. The molecule has 1 N–H and O–H groups in total. The normalized spacial score (nSPS) is 33.2. The lowest BCUT2D eigenvalue weighted by atomic mass is 9.80. The van der Waals surface area contributed by atoms with Gasteiger partial charge in [-0.05, 0) is 38.0 Å². The van der Waals surface area contributed by atoms with E-state index in [1.54, 1.807) is 0 Å². The zero-order valence-corrected chi connectivity index (χ0v) is 10.2. The van der Waals surface area contributed by atoms with E-state index in [2.05, 4.69) is 30.6 Å². The summed E-state index contributed by atoms with van der Waals surface area (Å²) in [6.45, 7) is 2.34. The second-order valence-corrected chi connectivity index (χ2v) is 5.56. The van der Waals surface area contributed by atoms with Gasteiger partial charge < -0.3 is 5.32 Å². The zero-order chi connectivity index (χ0) is 11.1. The molecule has 1 aromatic rings. The van der Waals surface area contributed by atoms with Gasteiger partial charge in [-0.25, -0.2) is 0 Å². The summed E-state index contributed by atoms with van der Waals surface area (Å²) in [7, 11) is 2.06. The minimum absolute atomic E-state index is 0.565. The Hall–Kier alpha value is -0.830. The topological polar surface area (TPSA) is 29.9 Å². The van der Waals surface area contributed by atoms with E-state index in [9.17, 15) is 0 Å². The SMILES string of the molecule is CC1CC(NC2CCCc3c2cnn3C)C1. The quantitative estimate of drug-likeness (QED) is 0.826. The smallest absolute Gasteiger partial charge is 0.0540 e. The maximum absolute atomic E-state index is 4.39. The number of aromatic nitrogens is 2. The first-order valence-electron chi connectivity index (χ1n) is 6.51. The molecule has 0 amide bonds. The highest BCUT2D eigenvalue weighted by molar-refractivity contribution is 5.25. The van der Waals surface area contributed by atoms with Crippen LogP contribution in [0, 0.1) is 5.92 Å². The Balaban J connectivity index is 1.72. The molecule has 88 valence electrons. The van der Waals surface area contributed by atoms with Crippen LogP contribution in [0.2, 0.25) is 0 Å². The molecule has 3 heteroatoms. The van der Waals surface area contributed by atoms with Crippen molar-refractivity contribution >= 4 is 0 Å². The van der Waals surface area contributed by atoms with Crippen molar-refractivity contribution in [3.63, 3.8) is 0 Å². The van der Waals surface area contributed by atoms with Crippen molar-refractivity contribution in [2.45, 2.75) is 51.1 Å². The molecule has 0 saturated heterocycles. The number of rotatable bonds is 2. The first kappa shape index (κ1) is 10.3. The monoisotopic (exact) mass is 219 g/mol. The number of hydrogen-bond acceptors (Lipinski definition) is 2. The Bertz CT molecular complexity index is 377. The molecule has 1 fully saturated rings. The zero-order valence-electron chi connectivity index (χ0n) is 10.2. The third-order valence-corrected chi connectivity index (χ3v) is 4.19. The molecule has 0 radical (unpaired) electrons. The largest absolute Gasteiger partial charge is 0.307 e. The van der Waals surface area contributed by atoms with Crippen molar-refractivity contribution < 1.29 is 0 Å². The molecule has 1 saturated carbocycles. The Morgan fingerprint density at radius 2 is 2.25 bits per heavy atom. The lowest BCUT2D eigenvalue weighted by Gasteiger charge is -2.37. The average Bonchev–Trinajstić information content (AvgIpc) is 2.60. The minimum Gasteiger partial charge on any atom is -0.307 e. The van der Waals surface area contributed by atoms with Crippen LogP contribution in [-0.2, 0) is 13.5 Å². The molecule has 0 aliphatic heterocycles. The first-order valence-corrected chi connectivity index (χ1v) is 6.51. The van der Waals surface area contributed by atoms with E-state index >= 15 is 0 Å². The van der Waals surface area contributed by atoms with Gasteiger partial charge in [0.1, 0.15) is 0 Å². The molecular weight excluding hydrogens is 198 g/mol. The number of nitrogens with zero attached hydrogens (tertiary/aromatic N) is 2. The van der Waals surface area contributed by atoms with Gasteiger partial charge in [0, 0.05) is 30.4 Å². The lowest BCUT2D eigenvalue weighted by molar-refractivity contribution is 0.215. The molecule has 0 spiro atoms. The Labute approximate surface area is 97.2 Å². The van der Waals surface area contributed by atoms with Gasteiger partial charge in [-0.3, -0.25) is 4.68 Å². The highest BCUT2D eigenvalue weighted by Crippen LogP contribution is 2.33. The number of aryl methyl sites for hydroxylation is 1. The van der Waals surface area contributed by atoms with Gasteiger partial charge in [0.2, 0.25) is 0 Å². The summed E-state index contributed by atoms with van der Waals surface area (Å²) in [6, 6.07) is 1.32. The van der Waals surface area contributed by atoms with Gasteiger partial charge in [-0.2, -0.15) is 5.10 Å². The van der Waals surface area contributed by atoms with Crippen LogP contribution in [0.4, 0.5) is 0 Å². The molecule has 3 rings (SSSR count). The molecule has 0 bridgehead atoms. The van der Waals surface area contributed by atoms with Crippen molar-refractivity contribution in [2.24, 2.45) is 13.0 Å². The van der Waals surface area contributed by atoms with Crippen LogP contribution in [0.15, 0.2) is 6.20 Å². The first-order chi connectivity index (χ1) is 7.74. The van der Waals surface area contributed by atoms with Crippen LogP contribution in [0.3, 0.4) is 0 Å². The van der Waals surface area contributed by atoms with Crippen LogP contribution in [0.25, 0.3) is 0 Å². The van der Waals surface area contributed by atoms with E-state index in [-0.39, 0.29) is 0 Å². The molecule has 2 aliphatic carbocycles. The van der Waals surface area contributed by atoms with Crippen molar-refractivity contribution in [1.29, 1.82) is 0 Å². The molecular formula is C13H21N3. The summed E-state index contributed by atoms with van der Waals surface area (Å²) < 4.78 is 2.05. The van der Waals surface area contributed by atoms with Gasteiger partial charge in [-0.15, -0.1) is 0 Å². The third-order valence-electron chi connectivity index (χ3n) is 4.19. The van der Waals surface area contributed by atoms with E-state index in [1.165, 1.54) is 43.4 Å². The van der Waals surface area contributed by atoms with E-state index in [4.69, 9.17) is 0 Å². The van der Waals surface area contributed by atoms with Gasteiger partial charge >= 0.3 is 0 Å². The summed E-state index contributed by atoms with van der Waals surface area (Å²) in [5.41, 5.74) is 2.89. The van der Waals surface area contributed by atoms with E-state index < -0.39 is 0 Å².